The molecule has 0 aliphatic carbocycles. The molecule has 1 aromatic carbocycles. The van der Waals surface area contributed by atoms with Crippen LogP contribution in [0.2, 0.25) is 0 Å². The van der Waals surface area contributed by atoms with Gasteiger partial charge >= 0.3 is 7.27 Å². The highest BCUT2D eigenvalue weighted by Crippen LogP contribution is 2.24. The number of carbonyl (C=O) groups is 1. The van der Waals surface area contributed by atoms with Crippen molar-refractivity contribution in [2.45, 2.75) is 6.92 Å². The van der Waals surface area contributed by atoms with Crippen LogP contribution < -0.4 is 5.46 Å². The maximum atomic E-state index is 13.6. The lowest BCUT2D eigenvalue weighted by molar-refractivity contribution is -0.121. The van der Waals surface area contributed by atoms with E-state index in [9.17, 15) is 22.2 Å². The van der Waals surface area contributed by atoms with Gasteiger partial charge in [-0.25, -0.2) is 13.8 Å². The summed E-state index contributed by atoms with van der Waals surface area (Å²) in [5, 5.41) is 9.05. The number of amides is 1. The molecule has 0 spiro atoms. The van der Waals surface area contributed by atoms with Gasteiger partial charge in [-0.1, -0.05) is 0 Å². The third-order valence-electron chi connectivity index (χ3n) is 3.07. The second-order valence-corrected chi connectivity index (χ2v) is 4.38. The number of hydrogen-bond acceptors (Lipinski definition) is 3. The van der Waals surface area contributed by atoms with Gasteiger partial charge in [0.25, 0.3) is 5.91 Å². The van der Waals surface area contributed by atoms with Gasteiger partial charge in [0.15, 0.2) is 17.4 Å². The monoisotopic (exact) mass is 300 g/mol. The van der Waals surface area contributed by atoms with Gasteiger partial charge in [0.05, 0.1) is 0 Å². The van der Waals surface area contributed by atoms with Crippen molar-refractivity contribution in [3.63, 3.8) is 0 Å². The second-order valence-electron chi connectivity index (χ2n) is 4.38. The van der Waals surface area contributed by atoms with E-state index in [4.69, 9.17) is 5.11 Å². The minimum absolute atomic E-state index is 0.221. The van der Waals surface area contributed by atoms with E-state index in [1.165, 1.54) is 18.9 Å². The first-order chi connectivity index (χ1) is 9.73. The van der Waals surface area contributed by atoms with Crippen LogP contribution in [0.1, 0.15) is 12.5 Å². The zero-order valence-electron chi connectivity index (χ0n) is 11.0. The van der Waals surface area contributed by atoms with Gasteiger partial charge in [-0.15, -0.1) is 0 Å². The lowest BCUT2D eigenvalue weighted by Crippen LogP contribution is -2.28. The fourth-order valence-electron chi connectivity index (χ4n) is 1.84. The molecule has 0 saturated heterocycles. The Morgan fingerprint density at radius 3 is 2.48 bits per heavy atom. The third-order valence-corrected chi connectivity index (χ3v) is 3.07. The first kappa shape index (κ1) is 15.1. The van der Waals surface area contributed by atoms with Gasteiger partial charge in [-0.2, -0.15) is 0 Å². The van der Waals surface area contributed by atoms with Crippen molar-refractivity contribution in [2.24, 2.45) is 4.99 Å². The number of aromatic hydroxyl groups is 1. The van der Waals surface area contributed by atoms with Gasteiger partial charge in [0, 0.05) is 12.5 Å². The number of likely N-dealkylation sites (N-methyl/N-ethyl adjacent to an activating group) is 1. The smallest absolute Gasteiger partial charge is 0.503 e. The molecule has 9 heteroatoms. The number of phenols is 1. The maximum Gasteiger partial charge on any atom is 0.575 e. The highest BCUT2D eigenvalue weighted by Gasteiger charge is 2.30. The predicted molar refractivity (Wildman–Crippen MR) is 69.5 cm³/mol. The summed E-state index contributed by atoms with van der Waals surface area (Å²) in [7, 11) is -1.86. The highest BCUT2D eigenvalue weighted by atomic mass is 19.2. The summed E-state index contributed by atoms with van der Waals surface area (Å²) in [6, 6.07) is 0.531. The molecular formula is C12H9BF4N2O2. The van der Waals surface area contributed by atoms with Gasteiger partial charge in [-0.3, -0.25) is 18.3 Å². The molecule has 110 valence electrons. The number of hydrogen-bond donors (Lipinski definition) is 1. The fourth-order valence-corrected chi connectivity index (χ4v) is 1.84. The van der Waals surface area contributed by atoms with Crippen molar-refractivity contribution in [3.05, 3.63) is 29.0 Å². The van der Waals surface area contributed by atoms with Crippen LogP contribution in [0.3, 0.4) is 0 Å². The van der Waals surface area contributed by atoms with E-state index in [0.29, 0.717) is 11.9 Å². The van der Waals surface area contributed by atoms with Crippen molar-refractivity contribution in [2.75, 3.05) is 7.05 Å². The number of carbonyl (C=O) groups excluding carboxylic acids is 1. The lowest BCUT2D eigenvalue weighted by atomic mass is 9.80. The molecule has 1 N–H and O–H groups in total. The summed E-state index contributed by atoms with van der Waals surface area (Å²) in [5.41, 5.74) is -1.95. The summed E-state index contributed by atoms with van der Waals surface area (Å²) < 4.78 is 52.7. The van der Waals surface area contributed by atoms with E-state index in [1.54, 1.807) is 0 Å². The van der Waals surface area contributed by atoms with Crippen molar-refractivity contribution in [3.8, 4) is 5.75 Å². The molecule has 0 radical (unpaired) electrons. The first-order valence-electron chi connectivity index (χ1n) is 5.78. The van der Waals surface area contributed by atoms with E-state index in [0.717, 1.165) is 6.08 Å². The summed E-state index contributed by atoms with van der Waals surface area (Å²) in [6.07, 6.45) is 0.864. The molecular weight excluding hydrogens is 291 g/mol. The average Bonchev–Trinajstić information content (AvgIpc) is 2.63. The van der Waals surface area contributed by atoms with Crippen molar-refractivity contribution < 1.29 is 27.3 Å². The number of phenolic OH excluding ortho intramolecular Hbond substituents is 1. The minimum atomic E-state index is -3.29. The highest BCUT2D eigenvalue weighted by molar-refractivity contribution is 6.61. The Hall–Kier alpha value is -2.32. The Morgan fingerprint density at radius 1 is 1.38 bits per heavy atom. The molecule has 0 saturated carbocycles. The predicted octanol–water partition coefficient (Wildman–Crippen LogP) is 1.54. The van der Waals surface area contributed by atoms with E-state index in [-0.39, 0.29) is 5.70 Å². The van der Waals surface area contributed by atoms with Crippen LogP contribution in [-0.4, -0.2) is 36.1 Å². The molecule has 4 nitrogen and oxygen atoms in total. The topological polar surface area (TPSA) is 52.9 Å². The van der Waals surface area contributed by atoms with E-state index < -0.39 is 41.6 Å². The SMILES string of the molecule is CC1=N/C(=C\c2cc(F)c(O)c(F)c2B(F)F)C(=O)N1C. The number of aliphatic imine (C=N–C) groups is 1. The van der Waals surface area contributed by atoms with Crippen LogP contribution in [0.5, 0.6) is 5.75 Å². The van der Waals surface area contributed by atoms with Crippen molar-refractivity contribution >= 4 is 30.5 Å². The average molecular weight is 300 g/mol. The molecule has 1 heterocycles. The van der Waals surface area contributed by atoms with Crippen LogP contribution in [0.4, 0.5) is 17.4 Å². The molecule has 2 rings (SSSR count). The molecule has 0 bridgehead atoms. The third kappa shape index (κ3) is 2.50. The largest absolute Gasteiger partial charge is 0.575 e. The number of amidine groups is 1. The Morgan fingerprint density at radius 2 is 2.00 bits per heavy atom. The number of halogens is 4. The molecule has 0 atom stereocenters. The van der Waals surface area contributed by atoms with Crippen LogP contribution in [0, 0.1) is 11.6 Å². The quantitative estimate of drug-likeness (QED) is 0.512. The Bertz CT molecular complexity index is 688. The minimum Gasteiger partial charge on any atom is -0.503 e. The zero-order valence-corrected chi connectivity index (χ0v) is 11.0. The van der Waals surface area contributed by atoms with E-state index in [2.05, 4.69) is 4.99 Å². The van der Waals surface area contributed by atoms with E-state index in [1.807, 2.05) is 0 Å². The first-order valence-corrected chi connectivity index (χ1v) is 5.78. The summed E-state index contributed by atoms with van der Waals surface area (Å²) in [4.78, 5) is 16.8. The number of rotatable bonds is 2. The summed E-state index contributed by atoms with van der Waals surface area (Å²) in [6.45, 7) is 1.52. The van der Waals surface area contributed by atoms with E-state index >= 15 is 0 Å². The normalized spacial score (nSPS) is 16.7. The Labute approximate surface area is 117 Å². The lowest BCUT2D eigenvalue weighted by Gasteiger charge is -2.08. The zero-order chi connectivity index (χ0) is 15.9. The Kier molecular flexibility index (Phi) is 3.76. The molecule has 1 aromatic rings. The number of nitrogens with zero attached hydrogens (tertiary/aromatic N) is 2. The van der Waals surface area contributed by atoms with Crippen LogP contribution in [-0.2, 0) is 4.79 Å². The van der Waals surface area contributed by atoms with Crippen molar-refractivity contribution in [1.29, 1.82) is 0 Å². The molecule has 1 aliphatic rings. The van der Waals surface area contributed by atoms with Crippen molar-refractivity contribution in [1.82, 2.24) is 4.90 Å². The van der Waals surface area contributed by atoms with Crippen LogP contribution in [0.25, 0.3) is 6.08 Å². The molecule has 0 fully saturated rings. The summed E-state index contributed by atoms with van der Waals surface area (Å²) >= 11 is 0. The fraction of sp³-hybridized carbons (Fsp3) is 0.167. The van der Waals surface area contributed by atoms with Gasteiger partial charge in [-0.05, 0) is 24.6 Å². The molecule has 0 unspecified atom stereocenters. The molecule has 1 aliphatic heterocycles. The van der Waals surface area contributed by atoms with Gasteiger partial charge in [0.2, 0.25) is 0 Å². The van der Waals surface area contributed by atoms with Gasteiger partial charge in [0.1, 0.15) is 11.5 Å². The van der Waals surface area contributed by atoms with Crippen LogP contribution in [0.15, 0.2) is 16.8 Å². The number of benzene rings is 1. The molecule has 21 heavy (non-hydrogen) atoms. The van der Waals surface area contributed by atoms with Crippen LogP contribution >= 0.6 is 0 Å². The maximum absolute atomic E-state index is 13.6. The molecule has 1 amide bonds. The summed E-state index contributed by atoms with van der Waals surface area (Å²) in [5.74, 6) is -4.90. The standard InChI is InChI=1S/C12H9BF4N2O2/c1-5-18-8(12(21)19(5)2)4-6-3-7(14)11(20)10(15)9(6)13(16)17/h3-4,20H,1-2H3/b8-4-. The molecule has 0 aromatic heterocycles. The van der Waals surface area contributed by atoms with Gasteiger partial charge < -0.3 is 5.11 Å². The second kappa shape index (κ2) is 5.23. The Balaban J connectivity index is 2.63.